The zero-order valence-electron chi connectivity index (χ0n) is 18.7. The first-order valence-corrected chi connectivity index (χ1v) is 13.3. The standard InChI is InChI=1S/C28H18BrCl2NO3S/c29-22-12-17(13-24(31)26(22)35-16-20-7-2-4-11-23(20)30)14-25-27(33)32(28(34)36-25)15-19-9-5-8-18-6-1-3-10-21(18)19/h1-14H,15-16H2/b25-14+. The molecule has 1 saturated heterocycles. The van der Waals surface area contributed by atoms with E-state index in [0.717, 1.165) is 33.7 Å². The van der Waals surface area contributed by atoms with E-state index in [9.17, 15) is 9.59 Å². The number of imide groups is 1. The van der Waals surface area contributed by atoms with E-state index in [1.54, 1.807) is 24.3 Å². The van der Waals surface area contributed by atoms with E-state index in [2.05, 4.69) is 15.9 Å². The van der Waals surface area contributed by atoms with Crippen LogP contribution in [0.1, 0.15) is 16.7 Å². The molecule has 36 heavy (non-hydrogen) atoms. The Morgan fingerprint density at radius 3 is 2.42 bits per heavy atom. The Hall–Kier alpha value is -2.77. The number of carbonyl (C=O) groups is 2. The summed E-state index contributed by atoms with van der Waals surface area (Å²) in [7, 11) is 0. The van der Waals surface area contributed by atoms with Crippen molar-refractivity contribution in [2.45, 2.75) is 13.2 Å². The van der Waals surface area contributed by atoms with E-state index in [0.29, 0.717) is 30.7 Å². The zero-order chi connectivity index (χ0) is 25.2. The van der Waals surface area contributed by atoms with Crippen molar-refractivity contribution in [3.05, 3.63) is 115 Å². The summed E-state index contributed by atoms with van der Waals surface area (Å²) in [6.45, 7) is 0.465. The number of rotatable bonds is 6. The molecular weight excluding hydrogens is 581 g/mol. The fraction of sp³-hybridized carbons (Fsp3) is 0.0714. The number of halogens is 3. The molecular formula is C28H18BrCl2NO3S. The Bertz CT molecular complexity index is 1510. The van der Waals surface area contributed by atoms with Crippen LogP contribution in [-0.4, -0.2) is 16.0 Å². The van der Waals surface area contributed by atoms with Gasteiger partial charge in [0.25, 0.3) is 11.1 Å². The highest BCUT2D eigenvalue weighted by Crippen LogP contribution is 2.38. The predicted octanol–water partition coefficient (Wildman–Crippen LogP) is 8.72. The van der Waals surface area contributed by atoms with Gasteiger partial charge >= 0.3 is 0 Å². The second kappa shape index (κ2) is 10.7. The van der Waals surface area contributed by atoms with Gasteiger partial charge in [-0.1, -0.05) is 83.9 Å². The number of carbonyl (C=O) groups excluding carboxylic acids is 2. The van der Waals surface area contributed by atoms with Crippen LogP contribution < -0.4 is 4.74 Å². The number of benzene rings is 4. The number of hydrogen-bond acceptors (Lipinski definition) is 4. The predicted molar refractivity (Wildman–Crippen MR) is 150 cm³/mol. The summed E-state index contributed by atoms with van der Waals surface area (Å²) in [6.07, 6.45) is 1.67. The molecule has 0 aromatic heterocycles. The van der Waals surface area contributed by atoms with Crippen LogP contribution in [0, 0.1) is 0 Å². The van der Waals surface area contributed by atoms with Crippen molar-refractivity contribution in [1.82, 2.24) is 4.90 Å². The van der Waals surface area contributed by atoms with Gasteiger partial charge in [0, 0.05) is 10.6 Å². The highest BCUT2D eigenvalue weighted by molar-refractivity contribution is 9.10. The van der Waals surface area contributed by atoms with Crippen molar-refractivity contribution in [1.29, 1.82) is 0 Å². The summed E-state index contributed by atoms with van der Waals surface area (Å²) >= 11 is 17.1. The first-order valence-electron chi connectivity index (χ1n) is 11.0. The van der Waals surface area contributed by atoms with Crippen LogP contribution in [0.15, 0.2) is 88.2 Å². The number of fused-ring (bicyclic) bond motifs is 1. The number of ether oxygens (including phenoxy) is 1. The van der Waals surface area contributed by atoms with Gasteiger partial charge in [-0.2, -0.15) is 0 Å². The van der Waals surface area contributed by atoms with Crippen molar-refractivity contribution in [3.63, 3.8) is 0 Å². The lowest BCUT2D eigenvalue weighted by molar-refractivity contribution is -0.123. The Morgan fingerprint density at radius 2 is 1.61 bits per heavy atom. The monoisotopic (exact) mass is 597 g/mol. The number of hydrogen-bond donors (Lipinski definition) is 0. The molecule has 0 unspecified atom stereocenters. The molecule has 4 aromatic carbocycles. The van der Waals surface area contributed by atoms with E-state index in [1.165, 1.54) is 4.90 Å². The highest BCUT2D eigenvalue weighted by atomic mass is 79.9. The summed E-state index contributed by atoms with van der Waals surface area (Å²) < 4.78 is 6.53. The molecule has 0 radical (unpaired) electrons. The van der Waals surface area contributed by atoms with Gasteiger partial charge in [-0.05, 0) is 73.9 Å². The SMILES string of the molecule is O=C1S/C(=C/c2cc(Cl)c(OCc3ccccc3Cl)c(Br)c2)C(=O)N1Cc1cccc2ccccc12. The molecule has 0 spiro atoms. The molecule has 1 aliphatic rings. The molecule has 0 bridgehead atoms. The van der Waals surface area contributed by atoms with Crippen LogP contribution in [0.25, 0.3) is 16.8 Å². The van der Waals surface area contributed by atoms with Crippen molar-refractivity contribution < 1.29 is 14.3 Å². The highest BCUT2D eigenvalue weighted by Gasteiger charge is 2.35. The van der Waals surface area contributed by atoms with Gasteiger partial charge in [0.05, 0.1) is 20.9 Å². The fourth-order valence-corrected chi connectivity index (χ4v) is 5.97. The van der Waals surface area contributed by atoms with Crippen LogP contribution in [0.4, 0.5) is 4.79 Å². The molecule has 0 aliphatic carbocycles. The van der Waals surface area contributed by atoms with Gasteiger partial charge in [0.2, 0.25) is 0 Å². The first kappa shape index (κ1) is 24.9. The summed E-state index contributed by atoms with van der Waals surface area (Å²) in [5, 5.41) is 2.77. The Morgan fingerprint density at radius 1 is 0.889 bits per heavy atom. The van der Waals surface area contributed by atoms with E-state index in [-0.39, 0.29) is 24.3 Å². The van der Waals surface area contributed by atoms with Gasteiger partial charge in [-0.25, -0.2) is 0 Å². The fourth-order valence-electron chi connectivity index (χ4n) is 3.95. The van der Waals surface area contributed by atoms with Gasteiger partial charge in [-0.15, -0.1) is 0 Å². The molecule has 4 aromatic rings. The molecule has 5 rings (SSSR count). The van der Waals surface area contributed by atoms with Crippen molar-refractivity contribution in [3.8, 4) is 5.75 Å². The minimum atomic E-state index is -0.329. The average Bonchev–Trinajstić information content (AvgIpc) is 3.12. The Balaban J connectivity index is 1.35. The molecule has 0 atom stereocenters. The maximum absolute atomic E-state index is 13.1. The maximum atomic E-state index is 13.1. The summed E-state index contributed by atoms with van der Waals surface area (Å²) in [5.41, 5.74) is 2.43. The molecule has 0 N–H and O–H groups in total. The van der Waals surface area contributed by atoms with E-state index < -0.39 is 0 Å². The van der Waals surface area contributed by atoms with Crippen LogP contribution >= 0.6 is 50.9 Å². The van der Waals surface area contributed by atoms with Crippen molar-refractivity contribution in [2.24, 2.45) is 0 Å². The van der Waals surface area contributed by atoms with Crippen molar-refractivity contribution in [2.75, 3.05) is 0 Å². The van der Waals surface area contributed by atoms with Crippen molar-refractivity contribution >= 4 is 78.9 Å². The lowest BCUT2D eigenvalue weighted by Gasteiger charge is -2.14. The van der Waals surface area contributed by atoms with Gasteiger partial charge < -0.3 is 4.74 Å². The smallest absolute Gasteiger partial charge is 0.293 e. The maximum Gasteiger partial charge on any atom is 0.293 e. The second-order valence-electron chi connectivity index (χ2n) is 8.10. The van der Waals surface area contributed by atoms with Crippen LogP contribution in [0.3, 0.4) is 0 Å². The van der Waals surface area contributed by atoms with Crippen LogP contribution in [0.5, 0.6) is 5.75 Å². The number of amides is 2. The normalized spacial score (nSPS) is 14.8. The number of nitrogens with zero attached hydrogens (tertiary/aromatic N) is 1. The second-order valence-corrected chi connectivity index (χ2v) is 10.8. The Kier molecular flexibility index (Phi) is 7.39. The van der Waals surface area contributed by atoms with E-state index >= 15 is 0 Å². The topological polar surface area (TPSA) is 46.6 Å². The summed E-state index contributed by atoms with van der Waals surface area (Å²) in [5.74, 6) is 0.141. The zero-order valence-corrected chi connectivity index (χ0v) is 22.6. The number of thioether (sulfide) groups is 1. The molecule has 8 heteroatoms. The third-order valence-electron chi connectivity index (χ3n) is 5.73. The third-order valence-corrected chi connectivity index (χ3v) is 7.88. The molecule has 0 saturated carbocycles. The average molecular weight is 599 g/mol. The summed E-state index contributed by atoms with van der Waals surface area (Å²) in [6, 6.07) is 24.7. The van der Waals surface area contributed by atoms with Crippen LogP contribution in [-0.2, 0) is 17.9 Å². The first-order chi connectivity index (χ1) is 17.4. The molecule has 180 valence electrons. The Labute approximate surface area is 231 Å². The molecule has 1 heterocycles. The molecule has 1 fully saturated rings. The van der Waals surface area contributed by atoms with Gasteiger partial charge in [0.15, 0.2) is 5.75 Å². The minimum absolute atomic E-state index is 0.211. The summed E-state index contributed by atoms with van der Waals surface area (Å²) in [4.78, 5) is 27.5. The quantitative estimate of drug-likeness (QED) is 0.208. The van der Waals surface area contributed by atoms with Gasteiger partial charge in [0.1, 0.15) is 6.61 Å². The largest absolute Gasteiger partial charge is 0.486 e. The lowest BCUT2D eigenvalue weighted by atomic mass is 10.0. The lowest BCUT2D eigenvalue weighted by Crippen LogP contribution is -2.27. The van der Waals surface area contributed by atoms with Gasteiger partial charge in [-0.3, -0.25) is 14.5 Å². The van der Waals surface area contributed by atoms with Crippen LogP contribution in [0.2, 0.25) is 10.0 Å². The molecule has 2 amide bonds. The van der Waals surface area contributed by atoms with E-state index in [1.807, 2.05) is 60.7 Å². The minimum Gasteiger partial charge on any atom is -0.486 e. The van der Waals surface area contributed by atoms with E-state index in [4.69, 9.17) is 27.9 Å². The molecule has 4 nitrogen and oxygen atoms in total. The molecule has 1 aliphatic heterocycles. The third kappa shape index (κ3) is 5.18.